The second-order valence-electron chi connectivity index (χ2n) is 17.3. The van der Waals surface area contributed by atoms with Crippen LogP contribution in [-0.4, -0.2) is 0 Å². The van der Waals surface area contributed by atoms with Crippen LogP contribution in [0.1, 0.15) is 0 Å². The fourth-order valence-electron chi connectivity index (χ4n) is 9.71. The zero-order valence-electron chi connectivity index (χ0n) is 37.9. The van der Waals surface area contributed by atoms with E-state index in [0.717, 1.165) is 78.3 Å². The second kappa shape index (κ2) is 18.2. The minimum absolute atomic E-state index is 0.894. The van der Waals surface area contributed by atoms with Crippen molar-refractivity contribution in [1.82, 2.24) is 0 Å². The summed E-state index contributed by atoms with van der Waals surface area (Å²) in [6.07, 6.45) is 0. The monoisotopic (exact) mass is 882 g/mol. The normalized spacial score (nSPS) is 11.2. The van der Waals surface area contributed by atoms with Gasteiger partial charge >= 0.3 is 0 Å². The zero-order chi connectivity index (χ0) is 45.9. The smallest absolute Gasteiger partial charge is 0.143 e. The molecule has 0 spiro atoms. The highest BCUT2D eigenvalue weighted by Crippen LogP contribution is 2.48. The molecule has 69 heavy (non-hydrogen) atoms. The summed E-state index contributed by atoms with van der Waals surface area (Å²) in [7, 11) is 0. The topological polar surface area (TPSA) is 19.6 Å². The number of para-hydroxylation sites is 4. The van der Waals surface area contributed by atoms with Crippen molar-refractivity contribution in [2.45, 2.75) is 0 Å². The first-order valence-electron chi connectivity index (χ1n) is 23.5. The molecule has 1 aromatic heterocycles. The number of anilines is 6. The number of nitrogens with zero attached hydrogens (tertiary/aromatic N) is 2. The first kappa shape index (κ1) is 41.3. The quantitative estimate of drug-likeness (QED) is 0.129. The van der Waals surface area contributed by atoms with Gasteiger partial charge < -0.3 is 14.2 Å². The Morgan fingerprint density at radius 3 is 0.971 bits per heavy atom. The molecule has 0 aliphatic carbocycles. The van der Waals surface area contributed by atoms with Crippen molar-refractivity contribution in [2.75, 3.05) is 9.80 Å². The summed E-state index contributed by atoms with van der Waals surface area (Å²) in [5, 5.41) is 2.24. The number of benzene rings is 11. The first-order valence-corrected chi connectivity index (χ1v) is 23.5. The predicted octanol–water partition coefficient (Wildman–Crippen LogP) is 18.9. The van der Waals surface area contributed by atoms with E-state index in [0.29, 0.717) is 0 Å². The lowest BCUT2D eigenvalue weighted by Crippen LogP contribution is -2.13. The molecule has 3 heteroatoms. The second-order valence-corrected chi connectivity index (χ2v) is 17.3. The fraction of sp³-hybridized carbons (Fsp3) is 0. The Bertz CT molecular complexity index is 3590. The highest BCUT2D eigenvalue weighted by atomic mass is 16.3. The van der Waals surface area contributed by atoms with Gasteiger partial charge in [-0.1, -0.05) is 212 Å². The SMILES string of the molecule is c1ccc(-c2ccc(N(c3ccc(-c4ccccc4)cc3)c3ccccc3-c3ccccc3N(c3ccc(-c4ccccc4)cc3)c3ccc(-c4cccc5c4oc4ccccc45)cc3)cc2)cc1. The van der Waals surface area contributed by atoms with Crippen LogP contribution < -0.4 is 9.80 Å². The molecule has 11 aromatic carbocycles. The standard InChI is InChI=1S/C66H46N2O/c1-4-17-47(18-5-1)50-31-39-54(40-32-50)67(55-41-33-51(34-42-55)48-19-6-2-7-20-48)63-28-13-10-23-59(63)60-24-11-14-29-64(60)68(56-43-35-52(36-44-56)49-21-8-3-9-22-49)57-45-37-53(38-46-57)58-26-16-27-62-61-25-12-15-30-65(61)69-66(58)62/h1-46H. The third kappa shape index (κ3) is 8.03. The van der Waals surface area contributed by atoms with Gasteiger partial charge in [-0.05, 0) is 106 Å². The molecule has 0 radical (unpaired) electrons. The maximum atomic E-state index is 6.50. The molecule has 12 rings (SSSR count). The van der Waals surface area contributed by atoms with Crippen molar-refractivity contribution in [1.29, 1.82) is 0 Å². The Kier molecular flexibility index (Phi) is 10.9. The van der Waals surface area contributed by atoms with E-state index in [1.165, 1.54) is 33.4 Å². The molecule has 0 aliphatic rings. The lowest BCUT2D eigenvalue weighted by molar-refractivity contribution is 0.670. The van der Waals surface area contributed by atoms with Gasteiger partial charge in [0.2, 0.25) is 0 Å². The van der Waals surface area contributed by atoms with Crippen molar-refractivity contribution in [3.8, 4) is 55.6 Å². The van der Waals surface area contributed by atoms with E-state index >= 15 is 0 Å². The fourth-order valence-corrected chi connectivity index (χ4v) is 9.71. The summed E-state index contributed by atoms with van der Waals surface area (Å²) in [5.74, 6) is 0. The van der Waals surface area contributed by atoms with Crippen LogP contribution in [0, 0.1) is 0 Å². The maximum Gasteiger partial charge on any atom is 0.143 e. The van der Waals surface area contributed by atoms with Gasteiger partial charge in [-0.2, -0.15) is 0 Å². The van der Waals surface area contributed by atoms with Crippen LogP contribution in [0.25, 0.3) is 77.6 Å². The van der Waals surface area contributed by atoms with Gasteiger partial charge in [-0.25, -0.2) is 0 Å². The summed E-state index contributed by atoms with van der Waals surface area (Å²) in [6.45, 7) is 0. The van der Waals surface area contributed by atoms with Gasteiger partial charge in [0.1, 0.15) is 11.2 Å². The van der Waals surface area contributed by atoms with Crippen molar-refractivity contribution in [3.05, 3.63) is 279 Å². The lowest BCUT2D eigenvalue weighted by atomic mass is 9.97. The van der Waals surface area contributed by atoms with E-state index in [2.05, 4.69) is 277 Å². The Balaban J connectivity index is 0.998. The van der Waals surface area contributed by atoms with Crippen molar-refractivity contribution in [3.63, 3.8) is 0 Å². The van der Waals surface area contributed by atoms with Gasteiger partial charge in [0.25, 0.3) is 0 Å². The van der Waals surface area contributed by atoms with Crippen LogP contribution in [0.2, 0.25) is 0 Å². The molecule has 0 saturated heterocycles. The van der Waals surface area contributed by atoms with Crippen molar-refractivity contribution in [2.24, 2.45) is 0 Å². The van der Waals surface area contributed by atoms with E-state index in [9.17, 15) is 0 Å². The van der Waals surface area contributed by atoms with Crippen LogP contribution >= 0.6 is 0 Å². The summed E-state index contributed by atoms with van der Waals surface area (Å²) in [5.41, 5.74) is 19.6. The molecule has 0 aliphatic heterocycles. The van der Waals surface area contributed by atoms with Gasteiger partial charge in [-0.3, -0.25) is 0 Å². The van der Waals surface area contributed by atoms with Crippen LogP contribution in [0.4, 0.5) is 34.1 Å². The van der Waals surface area contributed by atoms with E-state index in [1.807, 2.05) is 12.1 Å². The minimum atomic E-state index is 0.894. The Morgan fingerprint density at radius 1 is 0.217 bits per heavy atom. The molecule has 12 aromatic rings. The average molecular weight is 883 g/mol. The summed E-state index contributed by atoms with van der Waals surface area (Å²) in [6, 6.07) is 99.7. The molecule has 3 nitrogen and oxygen atoms in total. The van der Waals surface area contributed by atoms with E-state index < -0.39 is 0 Å². The Labute approximate surface area is 403 Å². The number of hydrogen-bond acceptors (Lipinski definition) is 3. The third-order valence-corrected chi connectivity index (χ3v) is 13.1. The molecular weight excluding hydrogens is 837 g/mol. The number of fused-ring (bicyclic) bond motifs is 3. The highest BCUT2D eigenvalue weighted by molar-refractivity contribution is 6.09. The summed E-state index contributed by atoms with van der Waals surface area (Å²) in [4.78, 5) is 4.78. The molecule has 0 unspecified atom stereocenters. The van der Waals surface area contributed by atoms with Crippen molar-refractivity contribution >= 4 is 56.1 Å². The molecule has 326 valence electrons. The number of hydrogen-bond donors (Lipinski definition) is 0. The van der Waals surface area contributed by atoms with Crippen LogP contribution in [0.5, 0.6) is 0 Å². The Morgan fingerprint density at radius 2 is 0.536 bits per heavy atom. The number of rotatable bonds is 11. The molecule has 0 saturated carbocycles. The van der Waals surface area contributed by atoms with E-state index in [1.54, 1.807) is 0 Å². The molecular formula is C66H46N2O. The predicted molar refractivity (Wildman–Crippen MR) is 290 cm³/mol. The molecule has 0 amide bonds. The van der Waals surface area contributed by atoms with E-state index in [4.69, 9.17) is 4.42 Å². The van der Waals surface area contributed by atoms with Gasteiger partial charge in [0, 0.05) is 50.2 Å². The number of furan rings is 1. The molecule has 0 atom stereocenters. The van der Waals surface area contributed by atoms with Gasteiger partial charge in [-0.15, -0.1) is 0 Å². The van der Waals surface area contributed by atoms with Gasteiger partial charge in [0.15, 0.2) is 0 Å². The Hall–Kier alpha value is -9.18. The molecule has 0 fully saturated rings. The molecule has 0 N–H and O–H groups in total. The van der Waals surface area contributed by atoms with E-state index in [-0.39, 0.29) is 0 Å². The largest absolute Gasteiger partial charge is 0.455 e. The van der Waals surface area contributed by atoms with Crippen LogP contribution in [0.3, 0.4) is 0 Å². The zero-order valence-corrected chi connectivity index (χ0v) is 37.9. The maximum absolute atomic E-state index is 6.50. The summed E-state index contributed by atoms with van der Waals surface area (Å²) >= 11 is 0. The van der Waals surface area contributed by atoms with Gasteiger partial charge in [0.05, 0.1) is 11.4 Å². The molecule has 0 bridgehead atoms. The third-order valence-electron chi connectivity index (χ3n) is 13.1. The average Bonchev–Trinajstić information content (AvgIpc) is 3.82. The lowest BCUT2D eigenvalue weighted by Gasteiger charge is -2.31. The highest BCUT2D eigenvalue weighted by Gasteiger charge is 2.23. The first-order chi connectivity index (χ1) is 34.2. The van der Waals surface area contributed by atoms with Crippen LogP contribution in [0.15, 0.2) is 283 Å². The summed E-state index contributed by atoms with van der Waals surface area (Å²) < 4.78 is 6.50. The van der Waals surface area contributed by atoms with Crippen molar-refractivity contribution < 1.29 is 4.42 Å². The molecule has 1 heterocycles. The minimum Gasteiger partial charge on any atom is -0.455 e. The van der Waals surface area contributed by atoms with Crippen LogP contribution in [-0.2, 0) is 0 Å².